The molecule has 1 aromatic carbocycles. The van der Waals surface area contributed by atoms with E-state index in [0.29, 0.717) is 47.7 Å². The summed E-state index contributed by atoms with van der Waals surface area (Å²) in [4.78, 5) is 11.2. The molecule has 5 nitrogen and oxygen atoms in total. The molecule has 0 amide bonds. The molecule has 0 radical (unpaired) electrons. The van der Waals surface area contributed by atoms with Crippen molar-refractivity contribution < 1.29 is 9.90 Å². The van der Waals surface area contributed by atoms with Crippen LogP contribution in [0, 0.1) is 5.92 Å². The largest absolute Gasteiger partial charge is 0.478 e. The third-order valence-corrected chi connectivity index (χ3v) is 7.63. The van der Waals surface area contributed by atoms with Gasteiger partial charge in [-0.2, -0.15) is 0 Å². The molecule has 3 aliphatic rings. The van der Waals surface area contributed by atoms with Crippen LogP contribution in [0.4, 0.5) is 0 Å². The van der Waals surface area contributed by atoms with Crippen molar-refractivity contribution >= 4 is 5.97 Å². The SMILES string of the molecule is CC(C)C1CC(C2CCC(c3ccc(C(=O)O)cc3)N2)N(C2CCCC2)N1C(C)C. The minimum atomic E-state index is -0.856. The summed E-state index contributed by atoms with van der Waals surface area (Å²) in [6, 6.07) is 10.7. The molecule has 0 bridgehead atoms. The number of carbonyl (C=O) groups is 1. The van der Waals surface area contributed by atoms with Crippen molar-refractivity contribution in [2.45, 2.75) is 109 Å². The summed E-state index contributed by atoms with van der Waals surface area (Å²) < 4.78 is 0. The maximum absolute atomic E-state index is 11.2. The molecule has 4 rings (SSSR count). The predicted molar refractivity (Wildman–Crippen MR) is 120 cm³/mol. The minimum Gasteiger partial charge on any atom is -0.478 e. The van der Waals surface area contributed by atoms with Gasteiger partial charge in [0.25, 0.3) is 0 Å². The third kappa shape index (κ3) is 4.17. The first-order chi connectivity index (χ1) is 14.4. The van der Waals surface area contributed by atoms with Crippen LogP contribution in [0.3, 0.4) is 0 Å². The number of benzene rings is 1. The average Bonchev–Trinajstić information content (AvgIpc) is 3.45. The fraction of sp³-hybridized carbons (Fsp3) is 0.720. The number of hydrazine groups is 1. The second-order valence-corrected chi connectivity index (χ2v) is 10.2. The van der Waals surface area contributed by atoms with Gasteiger partial charge in [-0.15, -0.1) is 0 Å². The molecule has 2 heterocycles. The normalized spacial score (nSPS) is 31.4. The molecule has 0 spiro atoms. The third-order valence-electron chi connectivity index (χ3n) is 7.63. The summed E-state index contributed by atoms with van der Waals surface area (Å²) in [6.07, 6.45) is 8.95. The van der Waals surface area contributed by atoms with Crippen molar-refractivity contribution in [3.8, 4) is 0 Å². The Morgan fingerprint density at radius 3 is 2.27 bits per heavy atom. The fourth-order valence-corrected chi connectivity index (χ4v) is 6.21. The molecule has 2 N–H and O–H groups in total. The lowest BCUT2D eigenvalue weighted by atomic mass is 9.94. The highest BCUT2D eigenvalue weighted by Gasteiger charge is 2.49. The van der Waals surface area contributed by atoms with Crippen LogP contribution >= 0.6 is 0 Å². The van der Waals surface area contributed by atoms with Crippen molar-refractivity contribution in [1.82, 2.24) is 15.3 Å². The van der Waals surface area contributed by atoms with E-state index in [1.807, 2.05) is 12.1 Å². The molecule has 1 aliphatic carbocycles. The fourth-order valence-electron chi connectivity index (χ4n) is 6.21. The first-order valence-electron chi connectivity index (χ1n) is 12.0. The zero-order valence-corrected chi connectivity index (χ0v) is 19.1. The number of hydrogen-bond donors (Lipinski definition) is 2. The van der Waals surface area contributed by atoms with E-state index < -0.39 is 5.97 Å². The van der Waals surface area contributed by atoms with Gasteiger partial charge in [0.2, 0.25) is 0 Å². The standard InChI is InChI=1S/C25H39N3O2/c1-16(2)23-15-24(28(27(23)17(3)4)20-7-5-6-8-20)22-14-13-21(26-22)18-9-11-19(12-10-18)25(29)30/h9-12,16-17,20-24,26H,5-8,13-15H2,1-4H3,(H,29,30). The van der Waals surface area contributed by atoms with Crippen LogP contribution in [0.2, 0.25) is 0 Å². The Kier molecular flexibility index (Phi) is 6.52. The van der Waals surface area contributed by atoms with Gasteiger partial charge in [-0.3, -0.25) is 0 Å². The number of nitrogens with one attached hydrogen (secondary N) is 1. The van der Waals surface area contributed by atoms with Gasteiger partial charge in [0.1, 0.15) is 0 Å². The van der Waals surface area contributed by atoms with Crippen molar-refractivity contribution in [3.63, 3.8) is 0 Å². The maximum Gasteiger partial charge on any atom is 0.335 e. The van der Waals surface area contributed by atoms with Crippen molar-refractivity contribution in [2.24, 2.45) is 5.92 Å². The van der Waals surface area contributed by atoms with E-state index in [4.69, 9.17) is 0 Å². The van der Waals surface area contributed by atoms with Gasteiger partial charge in [-0.1, -0.05) is 38.8 Å². The van der Waals surface area contributed by atoms with E-state index in [2.05, 4.69) is 43.0 Å². The second kappa shape index (κ2) is 8.97. The summed E-state index contributed by atoms with van der Waals surface area (Å²) >= 11 is 0. The summed E-state index contributed by atoms with van der Waals surface area (Å²) in [5.41, 5.74) is 1.58. The Balaban J connectivity index is 1.53. The summed E-state index contributed by atoms with van der Waals surface area (Å²) in [5, 5.41) is 18.7. The maximum atomic E-state index is 11.2. The molecule has 4 unspecified atom stereocenters. The Bertz CT molecular complexity index is 726. The van der Waals surface area contributed by atoms with Crippen molar-refractivity contribution in [2.75, 3.05) is 0 Å². The van der Waals surface area contributed by atoms with Gasteiger partial charge in [-0.05, 0) is 69.6 Å². The highest BCUT2D eigenvalue weighted by Crippen LogP contribution is 2.41. The first-order valence-corrected chi connectivity index (χ1v) is 12.0. The Labute approximate surface area is 181 Å². The molecule has 166 valence electrons. The van der Waals surface area contributed by atoms with Gasteiger partial charge in [0, 0.05) is 36.3 Å². The average molecular weight is 414 g/mol. The first kappa shape index (κ1) is 21.8. The zero-order valence-electron chi connectivity index (χ0n) is 19.1. The number of aromatic carboxylic acids is 1. The topological polar surface area (TPSA) is 55.8 Å². The number of carboxylic acid groups (broad SMARTS) is 1. The van der Waals surface area contributed by atoms with E-state index in [1.54, 1.807) is 12.1 Å². The van der Waals surface area contributed by atoms with Gasteiger partial charge in [0.05, 0.1) is 5.56 Å². The number of nitrogens with zero attached hydrogens (tertiary/aromatic N) is 2. The van der Waals surface area contributed by atoms with E-state index in [1.165, 1.54) is 44.1 Å². The lowest BCUT2D eigenvalue weighted by Crippen LogP contribution is -2.56. The molecule has 2 saturated heterocycles. The molecule has 4 atom stereocenters. The van der Waals surface area contributed by atoms with Gasteiger partial charge in [0.15, 0.2) is 0 Å². The van der Waals surface area contributed by atoms with E-state index in [-0.39, 0.29) is 0 Å². The Morgan fingerprint density at radius 1 is 1.03 bits per heavy atom. The van der Waals surface area contributed by atoms with Crippen LogP contribution < -0.4 is 5.32 Å². The van der Waals surface area contributed by atoms with Gasteiger partial charge in [-0.25, -0.2) is 14.8 Å². The molecule has 30 heavy (non-hydrogen) atoms. The molecule has 1 saturated carbocycles. The minimum absolute atomic E-state index is 0.328. The summed E-state index contributed by atoms with van der Waals surface area (Å²) in [5.74, 6) is -0.201. The smallest absolute Gasteiger partial charge is 0.335 e. The number of carboxylic acids is 1. The van der Waals surface area contributed by atoms with Crippen LogP contribution in [0.5, 0.6) is 0 Å². The molecule has 1 aromatic rings. The monoisotopic (exact) mass is 413 g/mol. The van der Waals surface area contributed by atoms with Gasteiger partial charge < -0.3 is 10.4 Å². The van der Waals surface area contributed by atoms with Gasteiger partial charge >= 0.3 is 5.97 Å². The lowest BCUT2D eigenvalue weighted by molar-refractivity contribution is -0.0957. The number of rotatable bonds is 6. The zero-order chi connectivity index (χ0) is 21.4. The van der Waals surface area contributed by atoms with E-state index in [0.717, 1.165) is 6.42 Å². The van der Waals surface area contributed by atoms with Crippen molar-refractivity contribution in [3.05, 3.63) is 35.4 Å². The molecule has 3 fully saturated rings. The molecule has 0 aromatic heterocycles. The highest BCUT2D eigenvalue weighted by atomic mass is 16.4. The van der Waals surface area contributed by atoms with Crippen LogP contribution in [-0.4, -0.2) is 51.3 Å². The van der Waals surface area contributed by atoms with E-state index in [9.17, 15) is 9.90 Å². The summed E-state index contributed by atoms with van der Waals surface area (Å²) in [6.45, 7) is 9.47. The molecular formula is C25H39N3O2. The van der Waals surface area contributed by atoms with Crippen molar-refractivity contribution in [1.29, 1.82) is 0 Å². The lowest BCUT2D eigenvalue weighted by Gasteiger charge is -2.43. The second-order valence-electron chi connectivity index (χ2n) is 10.2. The molecule has 2 aliphatic heterocycles. The predicted octanol–water partition coefficient (Wildman–Crippen LogP) is 4.84. The molecule has 5 heteroatoms. The van der Waals surface area contributed by atoms with Crippen LogP contribution in [0.15, 0.2) is 24.3 Å². The highest BCUT2D eigenvalue weighted by molar-refractivity contribution is 5.87. The van der Waals surface area contributed by atoms with E-state index >= 15 is 0 Å². The Morgan fingerprint density at radius 2 is 1.70 bits per heavy atom. The van der Waals surface area contributed by atoms with Crippen LogP contribution in [0.1, 0.15) is 94.6 Å². The summed E-state index contributed by atoms with van der Waals surface area (Å²) in [7, 11) is 0. The van der Waals surface area contributed by atoms with Crippen LogP contribution in [-0.2, 0) is 0 Å². The Hall–Kier alpha value is -1.43. The number of hydrogen-bond acceptors (Lipinski definition) is 4. The molecular weight excluding hydrogens is 374 g/mol. The van der Waals surface area contributed by atoms with Crippen LogP contribution in [0.25, 0.3) is 0 Å². The quantitative estimate of drug-likeness (QED) is 0.699.